The Kier molecular flexibility index (Phi) is 3.77. The number of hydrogen-bond donors (Lipinski definition) is 1. The van der Waals surface area contributed by atoms with Crippen molar-refractivity contribution in [3.8, 4) is 10.4 Å². The minimum absolute atomic E-state index is 0.861. The van der Waals surface area contributed by atoms with Crippen molar-refractivity contribution in [2.24, 2.45) is 7.05 Å². The molecule has 3 nitrogen and oxygen atoms in total. The average Bonchev–Trinajstić information content (AvgIpc) is 3.09. The van der Waals surface area contributed by atoms with E-state index in [1.54, 1.807) is 11.3 Å². The molecule has 19 heavy (non-hydrogen) atoms. The Morgan fingerprint density at radius 1 is 1.32 bits per heavy atom. The third-order valence-electron chi connectivity index (χ3n) is 2.85. The fourth-order valence-corrected chi connectivity index (χ4v) is 3.58. The Morgan fingerprint density at radius 2 is 2.26 bits per heavy atom. The van der Waals surface area contributed by atoms with Crippen LogP contribution >= 0.6 is 22.7 Å². The van der Waals surface area contributed by atoms with Gasteiger partial charge in [-0.05, 0) is 22.9 Å². The second-order valence-corrected chi connectivity index (χ2v) is 6.35. The molecule has 0 saturated heterocycles. The minimum atomic E-state index is 0.861. The highest BCUT2D eigenvalue weighted by molar-refractivity contribution is 7.14. The molecule has 0 aliphatic rings. The van der Waals surface area contributed by atoms with Crippen LogP contribution in [-0.2, 0) is 20.1 Å². The molecule has 0 unspecified atom stereocenters. The molecule has 0 spiro atoms. The Hall–Kier alpha value is -1.43. The van der Waals surface area contributed by atoms with E-state index in [0.29, 0.717) is 0 Å². The summed E-state index contributed by atoms with van der Waals surface area (Å²) in [4.78, 5) is 2.71. The summed E-state index contributed by atoms with van der Waals surface area (Å²) in [6.45, 7) is 1.77. The standard InChI is InChI=1S/C14H15N3S2/c1-17-9-11(7-16-17)6-15-8-13-5-12(10-19-13)14-3-2-4-18-14/h2-5,7,9-10,15H,6,8H2,1H3. The van der Waals surface area contributed by atoms with E-state index >= 15 is 0 Å². The van der Waals surface area contributed by atoms with Crippen molar-refractivity contribution in [2.75, 3.05) is 0 Å². The van der Waals surface area contributed by atoms with E-state index in [-0.39, 0.29) is 0 Å². The molecule has 3 rings (SSSR count). The van der Waals surface area contributed by atoms with Crippen LogP contribution in [0.5, 0.6) is 0 Å². The van der Waals surface area contributed by atoms with Gasteiger partial charge in [0.05, 0.1) is 6.20 Å². The smallest absolute Gasteiger partial charge is 0.0534 e. The second kappa shape index (κ2) is 5.69. The minimum Gasteiger partial charge on any atom is -0.308 e. The number of thiophene rings is 2. The van der Waals surface area contributed by atoms with E-state index in [9.17, 15) is 0 Å². The summed E-state index contributed by atoms with van der Waals surface area (Å²) >= 11 is 3.60. The van der Waals surface area contributed by atoms with Crippen LogP contribution in [0.1, 0.15) is 10.4 Å². The fraction of sp³-hybridized carbons (Fsp3) is 0.214. The van der Waals surface area contributed by atoms with Crippen molar-refractivity contribution in [3.05, 3.63) is 51.8 Å². The van der Waals surface area contributed by atoms with Gasteiger partial charge in [-0.15, -0.1) is 22.7 Å². The predicted octanol–water partition coefficient (Wildman–Crippen LogP) is 3.50. The van der Waals surface area contributed by atoms with E-state index in [2.05, 4.69) is 39.4 Å². The lowest BCUT2D eigenvalue weighted by Crippen LogP contribution is -2.11. The van der Waals surface area contributed by atoms with Crippen LogP contribution in [0.15, 0.2) is 41.4 Å². The molecule has 0 bridgehead atoms. The second-order valence-electron chi connectivity index (χ2n) is 4.40. The van der Waals surface area contributed by atoms with Gasteiger partial charge in [0, 0.05) is 47.2 Å². The number of rotatable bonds is 5. The Balaban J connectivity index is 1.56. The van der Waals surface area contributed by atoms with Crippen LogP contribution in [0.3, 0.4) is 0 Å². The molecule has 98 valence electrons. The lowest BCUT2D eigenvalue weighted by atomic mass is 10.2. The van der Waals surface area contributed by atoms with E-state index in [4.69, 9.17) is 0 Å². The molecule has 0 aliphatic heterocycles. The van der Waals surface area contributed by atoms with Crippen LogP contribution < -0.4 is 5.32 Å². The zero-order valence-corrected chi connectivity index (χ0v) is 12.3. The van der Waals surface area contributed by atoms with Crippen LogP contribution in [0, 0.1) is 0 Å². The van der Waals surface area contributed by atoms with Gasteiger partial charge in [0.15, 0.2) is 0 Å². The quantitative estimate of drug-likeness (QED) is 0.779. The van der Waals surface area contributed by atoms with Crippen molar-refractivity contribution in [2.45, 2.75) is 13.1 Å². The largest absolute Gasteiger partial charge is 0.308 e. The number of aryl methyl sites for hydroxylation is 1. The van der Waals surface area contributed by atoms with E-state index in [1.165, 1.54) is 20.9 Å². The summed E-state index contributed by atoms with van der Waals surface area (Å²) in [6.07, 6.45) is 3.94. The average molecular weight is 289 g/mol. The lowest BCUT2D eigenvalue weighted by Gasteiger charge is -1.99. The van der Waals surface area contributed by atoms with Gasteiger partial charge in [-0.2, -0.15) is 5.10 Å². The van der Waals surface area contributed by atoms with Crippen molar-refractivity contribution in [1.29, 1.82) is 0 Å². The summed E-state index contributed by atoms with van der Waals surface area (Å²) in [5.41, 5.74) is 2.55. The first-order chi connectivity index (χ1) is 9.31. The third-order valence-corrected chi connectivity index (χ3v) is 4.70. The molecule has 0 aliphatic carbocycles. The van der Waals surface area contributed by atoms with E-state index in [1.807, 2.05) is 35.5 Å². The van der Waals surface area contributed by atoms with Crippen molar-refractivity contribution in [3.63, 3.8) is 0 Å². The maximum Gasteiger partial charge on any atom is 0.0534 e. The molecule has 0 saturated carbocycles. The van der Waals surface area contributed by atoms with Gasteiger partial charge >= 0.3 is 0 Å². The highest BCUT2D eigenvalue weighted by Crippen LogP contribution is 2.29. The van der Waals surface area contributed by atoms with Crippen LogP contribution in [0.25, 0.3) is 10.4 Å². The molecule has 0 atom stereocenters. The molecule has 0 radical (unpaired) electrons. The Labute approximate surface area is 120 Å². The van der Waals surface area contributed by atoms with Crippen LogP contribution in [0.2, 0.25) is 0 Å². The van der Waals surface area contributed by atoms with Crippen LogP contribution in [0.4, 0.5) is 0 Å². The summed E-state index contributed by atoms with van der Waals surface area (Å²) < 4.78 is 1.83. The zero-order valence-electron chi connectivity index (χ0n) is 10.7. The molecular formula is C14H15N3S2. The normalized spacial score (nSPS) is 11.0. The summed E-state index contributed by atoms with van der Waals surface area (Å²) in [5.74, 6) is 0. The number of nitrogens with one attached hydrogen (secondary N) is 1. The maximum absolute atomic E-state index is 4.16. The SMILES string of the molecule is Cn1cc(CNCc2cc(-c3cccs3)cs2)cn1. The Bertz CT molecular complexity index is 637. The molecule has 1 N–H and O–H groups in total. The molecule has 3 heterocycles. The van der Waals surface area contributed by atoms with Gasteiger partial charge in [0.25, 0.3) is 0 Å². The number of hydrogen-bond acceptors (Lipinski definition) is 4. The highest BCUT2D eigenvalue weighted by atomic mass is 32.1. The highest BCUT2D eigenvalue weighted by Gasteiger charge is 2.03. The molecule has 0 amide bonds. The van der Waals surface area contributed by atoms with Gasteiger partial charge in [-0.25, -0.2) is 0 Å². The lowest BCUT2D eigenvalue weighted by molar-refractivity contribution is 0.699. The first-order valence-electron chi connectivity index (χ1n) is 6.11. The molecular weight excluding hydrogens is 274 g/mol. The first-order valence-corrected chi connectivity index (χ1v) is 7.87. The number of aromatic nitrogens is 2. The molecule has 3 aromatic rings. The molecule has 0 aromatic carbocycles. The van der Waals surface area contributed by atoms with Gasteiger partial charge in [0.1, 0.15) is 0 Å². The van der Waals surface area contributed by atoms with Crippen molar-refractivity contribution >= 4 is 22.7 Å². The summed E-state index contributed by atoms with van der Waals surface area (Å²) in [5, 5.41) is 12.0. The van der Waals surface area contributed by atoms with Gasteiger partial charge in [-0.1, -0.05) is 6.07 Å². The van der Waals surface area contributed by atoms with Crippen molar-refractivity contribution in [1.82, 2.24) is 15.1 Å². The predicted molar refractivity (Wildman–Crippen MR) is 81.4 cm³/mol. The number of nitrogens with zero attached hydrogens (tertiary/aromatic N) is 2. The van der Waals surface area contributed by atoms with Gasteiger partial charge in [0.2, 0.25) is 0 Å². The topological polar surface area (TPSA) is 29.9 Å². The van der Waals surface area contributed by atoms with E-state index in [0.717, 1.165) is 13.1 Å². The van der Waals surface area contributed by atoms with Gasteiger partial charge < -0.3 is 5.32 Å². The molecule has 3 aromatic heterocycles. The monoisotopic (exact) mass is 289 g/mol. The zero-order chi connectivity index (χ0) is 13.1. The molecule has 5 heteroatoms. The summed E-state index contributed by atoms with van der Waals surface area (Å²) in [7, 11) is 1.94. The first kappa shape index (κ1) is 12.6. The van der Waals surface area contributed by atoms with Crippen molar-refractivity contribution < 1.29 is 0 Å². The molecule has 0 fully saturated rings. The van der Waals surface area contributed by atoms with E-state index < -0.39 is 0 Å². The maximum atomic E-state index is 4.16. The Morgan fingerprint density at radius 3 is 3.00 bits per heavy atom. The third kappa shape index (κ3) is 3.12. The van der Waals surface area contributed by atoms with Gasteiger partial charge in [-0.3, -0.25) is 4.68 Å². The fourth-order valence-electron chi connectivity index (χ4n) is 1.94. The summed E-state index contributed by atoms with van der Waals surface area (Å²) in [6, 6.07) is 6.53. The van der Waals surface area contributed by atoms with Crippen LogP contribution in [-0.4, -0.2) is 9.78 Å².